The van der Waals surface area contributed by atoms with Crippen LogP contribution in [0.3, 0.4) is 0 Å². The van der Waals surface area contributed by atoms with Crippen molar-refractivity contribution in [1.29, 1.82) is 0 Å². The van der Waals surface area contributed by atoms with E-state index in [0.29, 0.717) is 16.9 Å². The normalized spacial score (nSPS) is 10.1. The fourth-order valence-corrected chi connectivity index (χ4v) is 1.82. The molecule has 4 nitrogen and oxygen atoms in total. The lowest BCUT2D eigenvalue weighted by Gasteiger charge is -2.12. The molecule has 0 atom stereocenters. The lowest BCUT2D eigenvalue weighted by atomic mass is 10.1. The molecule has 0 N–H and O–H groups in total. The van der Waals surface area contributed by atoms with Crippen LogP contribution in [0.5, 0.6) is 11.5 Å². The van der Waals surface area contributed by atoms with Gasteiger partial charge in [-0.15, -0.1) is 0 Å². The zero-order valence-electron chi connectivity index (χ0n) is 12.5. The summed E-state index contributed by atoms with van der Waals surface area (Å²) in [5, 5.41) is 1.34. The summed E-state index contributed by atoms with van der Waals surface area (Å²) in [6.07, 6.45) is 0. The maximum absolute atomic E-state index is 11.8. The van der Waals surface area contributed by atoms with E-state index in [0.717, 1.165) is 5.39 Å². The van der Waals surface area contributed by atoms with Crippen LogP contribution in [0.4, 0.5) is 0 Å². The minimum absolute atomic E-state index is 0.286. The Kier molecular flexibility index (Phi) is 4.41. The van der Waals surface area contributed by atoms with Crippen LogP contribution in [0.2, 0.25) is 0 Å². The monoisotopic (exact) mass is 296 g/mol. The highest BCUT2D eigenvalue weighted by Gasteiger charge is 2.15. The van der Waals surface area contributed by atoms with Gasteiger partial charge in [0, 0.05) is 11.1 Å². The lowest BCUT2D eigenvalue weighted by molar-refractivity contribution is -0.130. The van der Waals surface area contributed by atoms with E-state index in [1.54, 1.807) is 38.1 Å². The van der Waals surface area contributed by atoms with Gasteiger partial charge in [0.2, 0.25) is 0 Å². The molecular formula is C18H16O4. The van der Waals surface area contributed by atoms with Crippen LogP contribution in [-0.2, 0) is 9.59 Å². The third-order valence-electron chi connectivity index (χ3n) is 2.93. The van der Waals surface area contributed by atoms with Crippen molar-refractivity contribution in [2.24, 2.45) is 0 Å². The highest BCUT2D eigenvalue weighted by Crippen LogP contribution is 2.34. The van der Waals surface area contributed by atoms with Gasteiger partial charge in [-0.05, 0) is 31.4 Å². The molecule has 0 amide bonds. The Bertz CT molecular complexity index is 724. The summed E-state index contributed by atoms with van der Waals surface area (Å²) in [6, 6.07) is 10.5. The number of carbonyl (C=O) groups excluding carboxylic acids is 2. The molecule has 4 heteroatoms. The van der Waals surface area contributed by atoms with E-state index in [-0.39, 0.29) is 11.1 Å². The molecule has 2 aromatic rings. The van der Waals surface area contributed by atoms with Crippen LogP contribution in [0, 0.1) is 0 Å². The molecule has 0 unspecified atom stereocenters. The Morgan fingerprint density at radius 3 is 1.59 bits per heavy atom. The number of rotatable bonds is 4. The summed E-state index contributed by atoms with van der Waals surface area (Å²) in [7, 11) is 0. The molecule has 0 heterocycles. The molecule has 22 heavy (non-hydrogen) atoms. The third kappa shape index (κ3) is 3.23. The highest BCUT2D eigenvalue weighted by molar-refractivity contribution is 5.99. The van der Waals surface area contributed by atoms with E-state index in [2.05, 4.69) is 13.2 Å². The Morgan fingerprint density at radius 2 is 1.23 bits per heavy atom. The fourth-order valence-electron chi connectivity index (χ4n) is 1.82. The summed E-state index contributed by atoms with van der Waals surface area (Å²) in [4.78, 5) is 23.5. The predicted octanol–water partition coefficient (Wildman–Crippen LogP) is 3.80. The molecule has 0 aliphatic rings. The van der Waals surface area contributed by atoms with Gasteiger partial charge in [0.25, 0.3) is 0 Å². The van der Waals surface area contributed by atoms with E-state index in [1.165, 1.54) is 0 Å². The van der Waals surface area contributed by atoms with Gasteiger partial charge in [0.15, 0.2) is 0 Å². The average Bonchev–Trinajstić information content (AvgIpc) is 2.47. The van der Waals surface area contributed by atoms with Crippen molar-refractivity contribution in [3.8, 4) is 11.5 Å². The Labute approximate surface area is 128 Å². The number of hydrogen-bond acceptors (Lipinski definition) is 4. The first-order valence-electron chi connectivity index (χ1n) is 6.67. The molecule has 0 radical (unpaired) electrons. The second kappa shape index (κ2) is 6.26. The highest BCUT2D eigenvalue weighted by atomic mass is 16.5. The molecule has 0 bridgehead atoms. The van der Waals surface area contributed by atoms with Gasteiger partial charge in [-0.2, -0.15) is 0 Å². The van der Waals surface area contributed by atoms with Crippen LogP contribution in [0.1, 0.15) is 13.8 Å². The summed E-state index contributed by atoms with van der Waals surface area (Å²) < 4.78 is 10.6. The number of carbonyl (C=O) groups is 2. The number of hydrogen-bond donors (Lipinski definition) is 0. The second-order valence-electron chi connectivity index (χ2n) is 4.95. The standard InChI is InChI=1S/C18H16O4/c1-11(2)17(19)21-14-9-5-7-13-8-6-10-15(16(13)14)22-18(20)12(3)4/h5-10H,1,3H2,2,4H3. The Hall–Kier alpha value is -2.88. The van der Waals surface area contributed by atoms with Crippen LogP contribution >= 0.6 is 0 Å². The Balaban J connectivity index is 2.53. The molecule has 0 saturated carbocycles. The molecule has 0 aliphatic heterocycles. The van der Waals surface area contributed by atoms with Crippen molar-refractivity contribution in [2.75, 3.05) is 0 Å². The number of benzene rings is 2. The van der Waals surface area contributed by atoms with E-state index in [9.17, 15) is 9.59 Å². The third-order valence-corrected chi connectivity index (χ3v) is 2.93. The number of esters is 2. The molecular weight excluding hydrogens is 280 g/mol. The summed E-state index contributed by atoms with van der Waals surface area (Å²) in [6.45, 7) is 10.2. The van der Waals surface area contributed by atoms with Crippen LogP contribution in [0.15, 0.2) is 60.7 Å². The first-order valence-corrected chi connectivity index (χ1v) is 6.67. The zero-order chi connectivity index (χ0) is 16.3. The van der Waals surface area contributed by atoms with Crippen LogP contribution in [-0.4, -0.2) is 11.9 Å². The number of ether oxygens (including phenoxy) is 2. The second-order valence-corrected chi connectivity index (χ2v) is 4.95. The largest absolute Gasteiger partial charge is 0.422 e. The van der Waals surface area contributed by atoms with Gasteiger partial charge in [-0.25, -0.2) is 9.59 Å². The molecule has 0 aromatic heterocycles. The summed E-state index contributed by atoms with van der Waals surface area (Å²) >= 11 is 0. The summed E-state index contributed by atoms with van der Waals surface area (Å²) in [5.74, 6) is -0.437. The first-order chi connectivity index (χ1) is 10.4. The Morgan fingerprint density at radius 1 is 0.818 bits per heavy atom. The minimum atomic E-state index is -0.534. The van der Waals surface area contributed by atoms with Crippen LogP contribution in [0.25, 0.3) is 10.8 Å². The van der Waals surface area contributed by atoms with E-state index >= 15 is 0 Å². The van der Waals surface area contributed by atoms with Crippen molar-refractivity contribution >= 4 is 22.7 Å². The van der Waals surface area contributed by atoms with Gasteiger partial charge in [0.05, 0.1) is 5.39 Å². The maximum Gasteiger partial charge on any atom is 0.338 e. The van der Waals surface area contributed by atoms with Crippen molar-refractivity contribution in [1.82, 2.24) is 0 Å². The predicted molar refractivity (Wildman–Crippen MR) is 84.8 cm³/mol. The summed E-state index contributed by atoms with van der Waals surface area (Å²) in [5.41, 5.74) is 0.571. The molecule has 0 saturated heterocycles. The van der Waals surface area contributed by atoms with Crippen molar-refractivity contribution in [3.63, 3.8) is 0 Å². The van der Waals surface area contributed by atoms with Gasteiger partial charge in [-0.3, -0.25) is 0 Å². The molecule has 0 fully saturated rings. The van der Waals surface area contributed by atoms with E-state index in [4.69, 9.17) is 9.47 Å². The molecule has 0 spiro atoms. The maximum atomic E-state index is 11.8. The number of fused-ring (bicyclic) bond motifs is 1. The average molecular weight is 296 g/mol. The van der Waals surface area contributed by atoms with Gasteiger partial charge in [-0.1, -0.05) is 37.4 Å². The quantitative estimate of drug-likeness (QED) is 0.489. The smallest absolute Gasteiger partial charge is 0.338 e. The van der Waals surface area contributed by atoms with E-state index < -0.39 is 11.9 Å². The molecule has 2 rings (SSSR count). The molecule has 0 aliphatic carbocycles. The minimum Gasteiger partial charge on any atom is -0.422 e. The molecule has 112 valence electrons. The van der Waals surface area contributed by atoms with Crippen molar-refractivity contribution in [2.45, 2.75) is 13.8 Å². The fraction of sp³-hybridized carbons (Fsp3) is 0.111. The van der Waals surface area contributed by atoms with Crippen LogP contribution < -0.4 is 9.47 Å². The van der Waals surface area contributed by atoms with Gasteiger partial charge in [0.1, 0.15) is 11.5 Å². The van der Waals surface area contributed by atoms with E-state index in [1.807, 2.05) is 12.1 Å². The molecule has 2 aromatic carbocycles. The zero-order valence-corrected chi connectivity index (χ0v) is 12.5. The lowest BCUT2D eigenvalue weighted by Crippen LogP contribution is -2.10. The SMILES string of the molecule is C=C(C)C(=O)Oc1cccc2cccc(OC(=O)C(=C)C)c12. The van der Waals surface area contributed by atoms with Gasteiger partial charge < -0.3 is 9.47 Å². The van der Waals surface area contributed by atoms with Crippen molar-refractivity contribution < 1.29 is 19.1 Å². The first kappa shape index (κ1) is 15.5. The van der Waals surface area contributed by atoms with Gasteiger partial charge >= 0.3 is 11.9 Å². The topological polar surface area (TPSA) is 52.6 Å². The van der Waals surface area contributed by atoms with Crippen molar-refractivity contribution in [3.05, 3.63) is 60.7 Å².